The zero-order chi connectivity index (χ0) is 18.4. The molecular weight excluding hydrogens is 330 g/mol. The first-order chi connectivity index (χ1) is 12.6. The van der Waals surface area contributed by atoms with E-state index in [1.54, 1.807) is 41.2 Å². The highest BCUT2D eigenvalue weighted by molar-refractivity contribution is 5.94. The number of nitrogens with zero attached hydrogens (tertiary/aromatic N) is 2. The number of hydrogen-bond donors (Lipinski definition) is 1. The van der Waals surface area contributed by atoms with Crippen LogP contribution in [0.5, 0.6) is 5.75 Å². The van der Waals surface area contributed by atoms with Gasteiger partial charge in [0.2, 0.25) is 0 Å². The molecule has 0 aliphatic rings. The topological polar surface area (TPSA) is 73.2 Å². The minimum Gasteiger partial charge on any atom is -0.484 e. The summed E-state index contributed by atoms with van der Waals surface area (Å²) >= 11 is 0. The molecule has 0 atom stereocenters. The third kappa shape index (κ3) is 4.57. The SMILES string of the molecule is CC(=O)c1ccc(OCC(=O)Nc2ccnn2Cc2ccccc2)cc1. The monoisotopic (exact) mass is 349 g/mol. The van der Waals surface area contributed by atoms with Crippen molar-refractivity contribution in [1.82, 2.24) is 9.78 Å². The molecule has 0 radical (unpaired) electrons. The van der Waals surface area contributed by atoms with Crippen LogP contribution >= 0.6 is 0 Å². The van der Waals surface area contributed by atoms with Gasteiger partial charge in [0.15, 0.2) is 12.4 Å². The summed E-state index contributed by atoms with van der Waals surface area (Å²) in [6, 6.07) is 18.3. The van der Waals surface area contributed by atoms with E-state index in [-0.39, 0.29) is 18.3 Å². The van der Waals surface area contributed by atoms with Crippen molar-refractivity contribution < 1.29 is 14.3 Å². The van der Waals surface area contributed by atoms with E-state index in [1.165, 1.54) is 6.92 Å². The third-order valence-corrected chi connectivity index (χ3v) is 3.79. The first kappa shape index (κ1) is 17.4. The van der Waals surface area contributed by atoms with E-state index in [0.717, 1.165) is 5.56 Å². The van der Waals surface area contributed by atoms with E-state index in [0.29, 0.717) is 23.7 Å². The first-order valence-electron chi connectivity index (χ1n) is 8.21. The minimum atomic E-state index is -0.282. The van der Waals surface area contributed by atoms with Gasteiger partial charge >= 0.3 is 0 Å². The maximum Gasteiger partial charge on any atom is 0.263 e. The molecule has 2 aromatic carbocycles. The molecule has 0 fully saturated rings. The molecule has 0 saturated carbocycles. The molecule has 0 bridgehead atoms. The number of amides is 1. The fourth-order valence-electron chi connectivity index (χ4n) is 2.43. The smallest absolute Gasteiger partial charge is 0.263 e. The molecule has 0 unspecified atom stereocenters. The average molecular weight is 349 g/mol. The van der Waals surface area contributed by atoms with Crippen molar-refractivity contribution in [3.8, 4) is 5.75 Å². The van der Waals surface area contributed by atoms with E-state index in [4.69, 9.17) is 4.74 Å². The van der Waals surface area contributed by atoms with Crippen LogP contribution in [0.15, 0.2) is 66.9 Å². The summed E-state index contributed by atoms with van der Waals surface area (Å²) in [5.41, 5.74) is 1.69. The predicted octanol–water partition coefficient (Wildman–Crippen LogP) is 3.15. The molecule has 0 aliphatic heterocycles. The van der Waals surface area contributed by atoms with Crippen molar-refractivity contribution >= 4 is 17.5 Å². The number of rotatable bonds is 7. The number of Topliss-reactive ketones (excluding diaryl/α,β-unsaturated/α-hetero) is 1. The second-order valence-corrected chi connectivity index (χ2v) is 5.78. The van der Waals surface area contributed by atoms with Crippen molar-refractivity contribution in [3.63, 3.8) is 0 Å². The zero-order valence-corrected chi connectivity index (χ0v) is 14.4. The van der Waals surface area contributed by atoms with Crippen LogP contribution in [0.3, 0.4) is 0 Å². The molecule has 26 heavy (non-hydrogen) atoms. The molecule has 0 spiro atoms. The van der Waals surface area contributed by atoms with Gasteiger partial charge in [0.05, 0.1) is 12.7 Å². The summed E-state index contributed by atoms with van der Waals surface area (Å²) in [7, 11) is 0. The fraction of sp³-hybridized carbons (Fsp3) is 0.150. The lowest BCUT2D eigenvalue weighted by Gasteiger charge is -2.10. The third-order valence-electron chi connectivity index (χ3n) is 3.79. The van der Waals surface area contributed by atoms with Crippen LogP contribution in [0, 0.1) is 0 Å². The van der Waals surface area contributed by atoms with Crippen LogP contribution in [0.1, 0.15) is 22.8 Å². The lowest BCUT2D eigenvalue weighted by atomic mass is 10.1. The molecule has 0 saturated heterocycles. The molecule has 6 nitrogen and oxygen atoms in total. The van der Waals surface area contributed by atoms with Gasteiger partial charge < -0.3 is 10.1 Å². The Labute approximate surface area is 151 Å². The number of carbonyl (C=O) groups excluding carboxylic acids is 2. The Morgan fingerprint density at radius 1 is 1.04 bits per heavy atom. The quantitative estimate of drug-likeness (QED) is 0.665. The Balaban J connectivity index is 1.55. The predicted molar refractivity (Wildman–Crippen MR) is 98.3 cm³/mol. The Morgan fingerprint density at radius 3 is 2.46 bits per heavy atom. The standard InChI is InChI=1S/C20H19N3O3/c1-15(24)17-7-9-18(10-8-17)26-14-20(25)22-19-11-12-21-23(19)13-16-5-3-2-4-6-16/h2-12H,13-14H2,1H3,(H,22,25). The number of anilines is 1. The molecule has 1 amide bonds. The van der Waals surface area contributed by atoms with Gasteiger partial charge in [-0.15, -0.1) is 0 Å². The molecule has 0 aliphatic carbocycles. The Morgan fingerprint density at radius 2 is 1.77 bits per heavy atom. The minimum absolute atomic E-state index is 0.0130. The van der Waals surface area contributed by atoms with Gasteiger partial charge in [-0.1, -0.05) is 30.3 Å². The van der Waals surface area contributed by atoms with Gasteiger partial charge in [0.1, 0.15) is 11.6 Å². The van der Waals surface area contributed by atoms with Crippen molar-refractivity contribution in [2.45, 2.75) is 13.5 Å². The van der Waals surface area contributed by atoms with Gasteiger partial charge in [-0.2, -0.15) is 5.10 Å². The lowest BCUT2D eigenvalue weighted by molar-refractivity contribution is -0.118. The van der Waals surface area contributed by atoms with E-state index in [1.807, 2.05) is 30.3 Å². The maximum absolute atomic E-state index is 12.1. The number of nitrogens with one attached hydrogen (secondary N) is 1. The molecular formula is C20H19N3O3. The number of ether oxygens (including phenoxy) is 1. The van der Waals surface area contributed by atoms with E-state index < -0.39 is 0 Å². The molecule has 1 heterocycles. The van der Waals surface area contributed by atoms with Gasteiger partial charge in [-0.3, -0.25) is 9.59 Å². The van der Waals surface area contributed by atoms with E-state index >= 15 is 0 Å². The highest BCUT2D eigenvalue weighted by Crippen LogP contribution is 2.13. The molecule has 1 N–H and O–H groups in total. The summed E-state index contributed by atoms with van der Waals surface area (Å²) in [5, 5.41) is 7.03. The Bertz CT molecular complexity index is 886. The van der Waals surface area contributed by atoms with E-state index in [9.17, 15) is 9.59 Å². The van der Waals surface area contributed by atoms with Crippen LogP contribution in [0.4, 0.5) is 5.82 Å². The molecule has 3 aromatic rings. The number of aromatic nitrogens is 2. The zero-order valence-electron chi connectivity index (χ0n) is 14.4. The van der Waals surface area contributed by atoms with Gasteiger partial charge in [-0.05, 0) is 36.8 Å². The number of hydrogen-bond acceptors (Lipinski definition) is 4. The highest BCUT2D eigenvalue weighted by Gasteiger charge is 2.09. The summed E-state index contributed by atoms with van der Waals surface area (Å²) in [6.07, 6.45) is 1.64. The first-order valence-corrected chi connectivity index (χ1v) is 8.21. The van der Waals surface area contributed by atoms with Crippen molar-refractivity contribution in [1.29, 1.82) is 0 Å². The second kappa shape index (κ2) is 8.11. The van der Waals surface area contributed by atoms with Gasteiger partial charge in [-0.25, -0.2) is 4.68 Å². The van der Waals surface area contributed by atoms with Crippen LogP contribution in [0.25, 0.3) is 0 Å². The number of ketones is 1. The molecule has 1 aromatic heterocycles. The highest BCUT2D eigenvalue weighted by atomic mass is 16.5. The van der Waals surface area contributed by atoms with Gasteiger partial charge in [0.25, 0.3) is 5.91 Å². The van der Waals surface area contributed by atoms with Crippen LogP contribution in [-0.4, -0.2) is 28.1 Å². The van der Waals surface area contributed by atoms with Crippen LogP contribution in [0.2, 0.25) is 0 Å². The largest absolute Gasteiger partial charge is 0.484 e. The van der Waals surface area contributed by atoms with Crippen LogP contribution < -0.4 is 10.1 Å². The molecule has 3 rings (SSSR count). The Hall–Kier alpha value is -3.41. The normalized spacial score (nSPS) is 10.3. The van der Waals surface area contributed by atoms with Crippen LogP contribution in [-0.2, 0) is 11.3 Å². The van der Waals surface area contributed by atoms with Crippen molar-refractivity contribution in [2.24, 2.45) is 0 Å². The summed E-state index contributed by atoms with van der Waals surface area (Å²) in [6.45, 7) is 1.94. The van der Waals surface area contributed by atoms with E-state index in [2.05, 4.69) is 10.4 Å². The average Bonchev–Trinajstić information content (AvgIpc) is 3.08. The van der Waals surface area contributed by atoms with Crippen molar-refractivity contribution in [2.75, 3.05) is 11.9 Å². The second-order valence-electron chi connectivity index (χ2n) is 5.78. The summed E-state index contributed by atoms with van der Waals surface area (Å²) < 4.78 is 7.17. The molecule has 6 heteroatoms. The van der Waals surface area contributed by atoms with Crippen molar-refractivity contribution in [3.05, 3.63) is 78.0 Å². The number of benzene rings is 2. The maximum atomic E-state index is 12.1. The Kier molecular flexibility index (Phi) is 5.43. The summed E-state index contributed by atoms with van der Waals surface area (Å²) in [4.78, 5) is 23.4. The fourth-order valence-corrected chi connectivity index (χ4v) is 2.43. The van der Waals surface area contributed by atoms with Gasteiger partial charge in [0, 0.05) is 11.6 Å². The number of carbonyl (C=O) groups is 2. The summed E-state index contributed by atoms with van der Waals surface area (Å²) in [5.74, 6) is 0.841. The lowest BCUT2D eigenvalue weighted by Crippen LogP contribution is -2.22. The molecule has 132 valence electrons.